The molecule has 0 fully saturated rings. The molecule has 2 heteroatoms. The normalized spacial score (nSPS) is 11.8. The van der Waals surface area contributed by atoms with Crippen LogP contribution in [0.25, 0.3) is 21.2 Å². The van der Waals surface area contributed by atoms with Gasteiger partial charge in [-0.3, -0.25) is 0 Å². The fraction of sp³-hybridized carbons (Fsp3) is 0.405. The lowest BCUT2D eigenvalue weighted by molar-refractivity contribution is 0.0132. The Morgan fingerprint density at radius 2 is 1.33 bits per heavy atom. The first-order chi connectivity index (χ1) is 18.8. The average molecular weight is 539 g/mol. The van der Waals surface area contributed by atoms with Gasteiger partial charge >= 0.3 is 0 Å². The van der Waals surface area contributed by atoms with Crippen molar-refractivity contribution in [3.05, 3.63) is 106 Å². The monoisotopic (exact) mass is 538 g/mol. The molecule has 4 rings (SSSR count). The highest BCUT2D eigenvalue weighted by Gasteiger charge is 2.24. The van der Waals surface area contributed by atoms with Gasteiger partial charge in [0.05, 0.1) is 5.60 Å². The van der Waals surface area contributed by atoms with Crippen LogP contribution in [0.5, 0.6) is 0 Å². The summed E-state index contributed by atoms with van der Waals surface area (Å²) in [6, 6.07) is 23.0. The van der Waals surface area contributed by atoms with Gasteiger partial charge in [0.15, 0.2) is 0 Å². The van der Waals surface area contributed by atoms with Gasteiger partial charge in [0.2, 0.25) is 0 Å². The standard InChI is InChI=1S/C37H46OS/c1-6-21-37(38,22-7-2)23-20-32-16-18-33(28(5)24-32)35-26-39-36-19-17-31(25-34(35)36)15-14-30-12-10-29(11-13-30)9-8-27(3)4/h10-13,16-19,24-26,38H,3,6-9,14-15,20-23H2,1-2,4-5H3. The highest BCUT2D eigenvalue weighted by molar-refractivity contribution is 7.17. The molecule has 0 saturated carbocycles. The Labute approximate surface area is 240 Å². The number of hydrogen-bond acceptors (Lipinski definition) is 2. The summed E-state index contributed by atoms with van der Waals surface area (Å²) in [5.74, 6) is 0. The van der Waals surface area contributed by atoms with E-state index in [1.807, 2.05) is 11.3 Å². The van der Waals surface area contributed by atoms with Crippen LogP contribution in [-0.4, -0.2) is 10.7 Å². The predicted octanol–water partition coefficient (Wildman–Crippen LogP) is 10.4. The highest BCUT2D eigenvalue weighted by atomic mass is 32.1. The lowest BCUT2D eigenvalue weighted by atomic mass is 9.86. The van der Waals surface area contributed by atoms with Crippen molar-refractivity contribution in [2.24, 2.45) is 0 Å². The van der Waals surface area contributed by atoms with Crippen molar-refractivity contribution in [2.45, 2.75) is 97.5 Å². The van der Waals surface area contributed by atoms with Crippen LogP contribution in [-0.2, 0) is 25.7 Å². The molecule has 0 spiro atoms. The van der Waals surface area contributed by atoms with Crippen LogP contribution in [0.3, 0.4) is 0 Å². The van der Waals surface area contributed by atoms with Crippen molar-refractivity contribution in [1.82, 2.24) is 0 Å². The van der Waals surface area contributed by atoms with Gasteiger partial charge in [-0.05, 0) is 116 Å². The van der Waals surface area contributed by atoms with Gasteiger partial charge < -0.3 is 5.11 Å². The number of allylic oxidation sites excluding steroid dienone is 1. The summed E-state index contributed by atoms with van der Waals surface area (Å²) in [5, 5.41) is 14.7. The Morgan fingerprint density at radius 3 is 1.97 bits per heavy atom. The summed E-state index contributed by atoms with van der Waals surface area (Å²) in [6.07, 6.45) is 9.86. The van der Waals surface area contributed by atoms with E-state index in [4.69, 9.17) is 0 Å². The van der Waals surface area contributed by atoms with Gasteiger partial charge in [-0.15, -0.1) is 17.9 Å². The molecule has 0 radical (unpaired) electrons. The number of fused-ring (bicyclic) bond motifs is 1. The Morgan fingerprint density at radius 1 is 0.744 bits per heavy atom. The Kier molecular flexibility index (Phi) is 10.2. The fourth-order valence-electron chi connectivity index (χ4n) is 5.83. The van der Waals surface area contributed by atoms with Gasteiger partial charge in [0, 0.05) is 15.6 Å². The molecule has 206 valence electrons. The number of aryl methyl sites for hydroxylation is 5. The van der Waals surface area contributed by atoms with Crippen LogP contribution in [0, 0.1) is 6.92 Å². The summed E-state index contributed by atoms with van der Waals surface area (Å²) in [4.78, 5) is 0. The van der Waals surface area contributed by atoms with E-state index in [0.29, 0.717) is 0 Å². The summed E-state index contributed by atoms with van der Waals surface area (Å²) in [7, 11) is 0. The largest absolute Gasteiger partial charge is 0.390 e. The van der Waals surface area contributed by atoms with Crippen LogP contribution >= 0.6 is 11.3 Å². The molecule has 3 aromatic carbocycles. The predicted molar refractivity (Wildman–Crippen MR) is 172 cm³/mol. The maximum Gasteiger partial charge on any atom is 0.0650 e. The second-order valence-corrected chi connectivity index (χ2v) is 12.5. The van der Waals surface area contributed by atoms with Crippen molar-refractivity contribution >= 4 is 21.4 Å². The highest BCUT2D eigenvalue weighted by Crippen LogP contribution is 2.37. The molecule has 39 heavy (non-hydrogen) atoms. The summed E-state index contributed by atoms with van der Waals surface area (Å²) in [6.45, 7) is 12.7. The van der Waals surface area contributed by atoms with E-state index in [2.05, 4.69) is 100 Å². The van der Waals surface area contributed by atoms with E-state index in [0.717, 1.165) is 64.2 Å². The van der Waals surface area contributed by atoms with Crippen molar-refractivity contribution in [1.29, 1.82) is 0 Å². The smallest absolute Gasteiger partial charge is 0.0650 e. The van der Waals surface area contributed by atoms with Gasteiger partial charge in [-0.2, -0.15) is 0 Å². The third-order valence-electron chi connectivity index (χ3n) is 8.09. The van der Waals surface area contributed by atoms with Gasteiger partial charge in [0.1, 0.15) is 0 Å². The van der Waals surface area contributed by atoms with E-state index in [1.54, 1.807) is 0 Å². The van der Waals surface area contributed by atoms with Crippen molar-refractivity contribution in [3.8, 4) is 11.1 Å². The zero-order valence-electron chi connectivity index (χ0n) is 24.5. The number of hydrogen-bond donors (Lipinski definition) is 1. The first-order valence-corrected chi connectivity index (χ1v) is 15.7. The minimum atomic E-state index is -0.525. The number of benzene rings is 3. The second-order valence-electron chi connectivity index (χ2n) is 11.6. The van der Waals surface area contributed by atoms with E-state index >= 15 is 0 Å². The summed E-state index contributed by atoms with van der Waals surface area (Å²) in [5.41, 5.74) is 10.2. The van der Waals surface area contributed by atoms with Crippen molar-refractivity contribution in [2.75, 3.05) is 0 Å². The van der Waals surface area contributed by atoms with Crippen molar-refractivity contribution < 1.29 is 5.11 Å². The maximum atomic E-state index is 11.1. The molecule has 0 aliphatic carbocycles. The molecular weight excluding hydrogens is 492 g/mol. The molecule has 0 bridgehead atoms. The van der Waals surface area contributed by atoms with E-state index in [9.17, 15) is 5.11 Å². The molecule has 1 nitrogen and oxygen atoms in total. The molecule has 0 aliphatic rings. The van der Waals surface area contributed by atoms with Gasteiger partial charge in [-0.1, -0.05) is 80.8 Å². The summed E-state index contributed by atoms with van der Waals surface area (Å²) >= 11 is 1.84. The molecular formula is C37H46OS. The van der Waals surface area contributed by atoms with E-state index in [-0.39, 0.29) is 0 Å². The molecule has 1 heterocycles. The second kappa shape index (κ2) is 13.6. The zero-order valence-corrected chi connectivity index (χ0v) is 25.3. The lowest BCUT2D eigenvalue weighted by Crippen LogP contribution is -2.28. The zero-order chi connectivity index (χ0) is 27.8. The van der Waals surface area contributed by atoms with E-state index in [1.165, 1.54) is 54.6 Å². The van der Waals surface area contributed by atoms with Gasteiger partial charge in [0.25, 0.3) is 0 Å². The Bertz CT molecular complexity index is 1370. The molecule has 0 aliphatic heterocycles. The SMILES string of the molecule is C=C(C)CCc1ccc(CCc2ccc3scc(-c4ccc(CCC(O)(CCC)CCC)cc4C)c3c2)cc1. The van der Waals surface area contributed by atoms with E-state index < -0.39 is 5.60 Å². The quantitative estimate of drug-likeness (QED) is 0.158. The molecule has 1 N–H and O–H groups in total. The van der Waals surface area contributed by atoms with Crippen LogP contribution < -0.4 is 0 Å². The van der Waals surface area contributed by atoms with Crippen LogP contribution in [0.4, 0.5) is 0 Å². The molecule has 4 aromatic rings. The summed E-state index contributed by atoms with van der Waals surface area (Å²) < 4.78 is 1.35. The Balaban J connectivity index is 1.45. The van der Waals surface area contributed by atoms with Gasteiger partial charge in [-0.25, -0.2) is 0 Å². The molecule has 0 unspecified atom stereocenters. The Hall–Kier alpha value is -2.68. The van der Waals surface area contributed by atoms with Crippen LogP contribution in [0.15, 0.2) is 78.2 Å². The average Bonchev–Trinajstić information content (AvgIpc) is 3.33. The topological polar surface area (TPSA) is 20.2 Å². The minimum absolute atomic E-state index is 0.525. The maximum absolute atomic E-state index is 11.1. The molecule has 1 aromatic heterocycles. The van der Waals surface area contributed by atoms with Crippen LogP contribution in [0.1, 0.15) is 87.1 Å². The minimum Gasteiger partial charge on any atom is -0.390 e. The molecule has 0 saturated heterocycles. The first-order valence-electron chi connectivity index (χ1n) is 14.8. The van der Waals surface area contributed by atoms with Crippen molar-refractivity contribution in [3.63, 3.8) is 0 Å². The third kappa shape index (κ3) is 7.93. The molecule has 0 atom stereocenters. The first kappa shape index (κ1) is 29.3. The lowest BCUT2D eigenvalue weighted by Gasteiger charge is -2.27. The number of aliphatic hydroxyl groups is 1. The fourth-order valence-corrected chi connectivity index (χ4v) is 6.77. The third-order valence-corrected chi connectivity index (χ3v) is 9.06. The molecule has 0 amide bonds. The van der Waals surface area contributed by atoms with Crippen LogP contribution in [0.2, 0.25) is 0 Å². The number of rotatable bonds is 14. The number of thiophene rings is 1.